The van der Waals surface area contributed by atoms with E-state index < -0.39 is 11.7 Å². The van der Waals surface area contributed by atoms with E-state index in [0.717, 1.165) is 12.1 Å². The Kier molecular flexibility index (Phi) is 5.63. The third-order valence-electron chi connectivity index (χ3n) is 4.45. The summed E-state index contributed by atoms with van der Waals surface area (Å²) in [6.07, 6.45) is -1.36. The molecule has 2 N–H and O–H groups in total. The zero-order valence-electron chi connectivity index (χ0n) is 16.7. The van der Waals surface area contributed by atoms with E-state index in [0.29, 0.717) is 28.5 Å². The molecule has 0 fully saturated rings. The highest BCUT2D eigenvalue weighted by atomic mass is 19.4. The quantitative estimate of drug-likeness (QED) is 0.470. The van der Waals surface area contributed by atoms with Crippen molar-refractivity contribution in [2.75, 3.05) is 5.32 Å². The van der Waals surface area contributed by atoms with Crippen molar-refractivity contribution in [3.05, 3.63) is 77.9 Å². The van der Waals surface area contributed by atoms with Crippen molar-refractivity contribution in [3.8, 4) is 17.1 Å². The number of nitrogens with zero attached hydrogens (tertiary/aromatic N) is 4. The number of carbonyl (C=O) groups is 1. The summed E-state index contributed by atoms with van der Waals surface area (Å²) >= 11 is 0. The number of aromatic nitrogens is 5. The van der Waals surface area contributed by atoms with Gasteiger partial charge in [-0.25, -0.2) is 0 Å². The number of benzene rings is 2. The van der Waals surface area contributed by atoms with Gasteiger partial charge in [-0.3, -0.25) is 9.48 Å². The number of aromatic amines is 1. The molecular weight excluding hydrogens is 425 g/mol. The fourth-order valence-electron chi connectivity index (χ4n) is 2.86. The number of carbonyl (C=O) groups excluding carboxylic acids is 1. The van der Waals surface area contributed by atoms with Crippen LogP contribution >= 0.6 is 0 Å². The Balaban J connectivity index is 1.38. The average Bonchev–Trinajstić information content (AvgIpc) is 3.42. The summed E-state index contributed by atoms with van der Waals surface area (Å²) < 4.78 is 45.3. The molecule has 1 amide bonds. The number of amides is 1. The average molecular weight is 442 g/mol. The van der Waals surface area contributed by atoms with Gasteiger partial charge in [0.25, 0.3) is 5.91 Å². The molecule has 2 heterocycles. The Morgan fingerprint density at radius 1 is 1.16 bits per heavy atom. The van der Waals surface area contributed by atoms with Gasteiger partial charge in [0, 0.05) is 24.5 Å². The number of H-pyrrole nitrogens is 1. The third-order valence-corrected chi connectivity index (χ3v) is 4.45. The predicted molar refractivity (Wildman–Crippen MR) is 109 cm³/mol. The maximum atomic E-state index is 12.8. The summed E-state index contributed by atoms with van der Waals surface area (Å²) in [6, 6.07) is 11.5. The molecule has 0 aliphatic rings. The lowest BCUT2D eigenvalue weighted by Crippen LogP contribution is -2.10. The SMILES string of the molecule is Cn1cc(C(=O)Nc2ccc(-c3nnc(COc4cccc(C(F)(F)F)c4)[nH]3)cc2)cn1. The maximum absolute atomic E-state index is 12.8. The molecule has 164 valence electrons. The van der Waals surface area contributed by atoms with Crippen LogP contribution in [0, 0.1) is 0 Å². The normalized spacial score (nSPS) is 11.4. The number of ether oxygens (including phenoxy) is 1. The third kappa shape index (κ3) is 4.94. The zero-order chi connectivity index (χ0) is 22.7. The van der Waals surface area contributed by atoms with E-state index in [4.69, 9.17) is 4.74 Å². The van der Waals surface area contributed by atoms with Gasteiger partial charge < -0.3 is 15.0 Å². The highest BCUT2D eigenvalue weighted by Crippen LogP contribution is 2.31. The standard InChI is InChI=1S/C21H17F3N6O2/c1-30-11-14(10-25-30)20(31)26-16-7-5-13(6-8-16)19-27-18(28-29-19)12-32-17-4-2-3-15(9-17)21(22,23)24/h2-11H,12H2,1H3,(H,26,31)(H,27,28,29). The number of anilines is 1. The van der Waals surface area contributed by atoms with Gasteiger partial charge in [0.2, 0.25) is 0 Å². The first-order valence-electron chi connectivity index (χ1n) is 9.40. The van der Waals surface area contributed by atoms with Crippen molar-refractivity contribution in [3.63, 3.8) is 0 Å². The Hall–Kier alpha value is -4.15. The summed E-state index contributed by atoms with van der Waals surface area (Å²) in [6.45, 7) is -0.0758. The molecule has 8 nitrogen and oxygen atoms in total. The van der Waals surface area contributed by atoms with E-state index >= 15 is 0 Å². The van der Waals surface area contributed by atoms with Gasteiger partial charge in [0.05, 0.1) is 17.3 Å². The topological polar surface area (TPSA) is 97.7 Å². The second-order valence-corrected chi connectivity index (χ2v) is 6.87. The van der Waals surface area contributed by atoms with Gasteiger partial charge in [-0.05, 0) is 42.5 Å². The Labute approximate surface area is 180 Å². The lowest BCUT2D eigenvalue weighted by Gasteiger charge is -2.09. The molecule has 0 unspecified atom stereocenters. The number of alkyl halides is 3. The number of aryl methyl sites for hydroxylation is 1. The van der Waals surface area contributed by atoms with E-state index in [1.165, 1.54) is 23.0 Å². The first-order valence-corrected chi connectivity index (χ1v) is 9.40. The van der Waals surface area contributed by atoms with E-state index in [1.807, 2.05) is 0 Å². The van der Waals surface area contributed by atoms with E-state index in [2.05, 4.69) is 25.6 Å². The molecule has 2 aromatic carbocycles. The number of halogens is 3. The molecule has 0 saturated carbocycles. The summed E-state index contributed by atoms with van der Waals surface area (Å²) in [4.78, 5) is 15.1. The first-order chi connectivity index (χ1) is 15.3. The Morgan fingerprint density at radius 3 is 2.62 bits per heavy atom. The zero-order valence-corrected chi connectivity index (χ0v) is 16.7. The van der Waals surface area contributed by atoms with Gasteiger partial charge >= 0.3 is 6.18 Å². The van der Waals surface area contributed by atoms with Crippen LogP contribution in [0.25, 0.3) is 11.4 Å². The molecule has 0 bridgehead atoms. The number of nitrogens with one attached hydrogen (secondary N) is 2. The Morgan fingerprint density at radius 2 is 1.94 bits per heavy atom. The Bertz CT molecular complexity index is 1230. The largest absolute Gasteiger partial charge is 0.486 e. The molecule has 0 saturated heterocycles. The minimum Gasteiger partial charge on any atom is -0.486 e. The van der Waals surface area contributed by atoms with Gasteiger partial charge in [0.1, 0.15) is 12.4 Å². The second kappa shape index (κ2) is 8.53. The van der Waals surface area contributed by atoms with Gasteiger partial charge in [-0.15, -0.1) is 10.2 Å². The van der Waals surface area contributed by atoms with Crippen molar-refractivity contribution in [2.45, 2.75) is 12.8 Å². The van der Waals surface area contributed by atoms with Crippen molar-refractivity contribution < 1.29 is 22.7 Å². The highest BCUT2D eigenvalue weighted by Gasteiger charge is 2.30. The molecule has 4 rings (SSSR count). The summed E-state index contributed by atoms with van der Waals surface area (Å²) in [5.74, 6) is 0.607. The second-order valence-electron chi connectivity index (χ2n) is 6.87. The summed E-state index contributed by atoms with van der Waals surface area (Å²) in [5.41, 5.74) is 0.957. The van der Waals surface area contributed by atoms with Crippen molar-refractivity contribution in [1.29, 1.82) is 0 Å². The predicted octanol–water partition coefficient (Wildman–Crippen LogP) is 4.06. The molecule has 4 aromatic rings. The van der Waals surface area contributed by atoms with E-state index in [-0.39, 0.29) is 18.3 Å². The van der Waals surface area contributed by atoms with Gasteiger partial charge in [0.15, 0.2) is 11.6 Å². The number of hydrogen-bond donors (Lipinski definition) is 2. The van der Waals surface area contributed by atoms with E-state index in [9.17, 15) is 18.0 Å². The van der Waals surface area contributed by atoms with Crippen LogP contribution in [0.15, 0.2) is 60.9 Å². The number of hydrogen-bond acceptors (Lipinski definition) is 5. The molecule has 11 heteroatoms. The summed E-state index contributed by atoms with van der Waals surface area (Å²) in [7, 11) is 1.72. The molecule has 0 aliphatic heterocycles. The van der Waals surface area contributed by atoms with Crippen LogP contribution in [0.1, 0.15) is 21.7 Å². The molecule has 0 atom stereocenters. The van der Waals surface area contributed by atoms with Crippen LogP contribution in [0.5, 0.6) is 5.75 Å². The van der Waals surface area contributed by atoms with Crippen molar-refractivity contribution >= 4 is 11.6 Å². The molecule has 0 spiro atoms. The minimum absolute atomic E-state index is 0.0754. The van der Waals surface area contributed by atoms with Crippen LogP contribution in [-0.2, 0) is 19.8 Å². The van der Waals surface area contributed by atoms with E-state index in [1.54, 1.807) is 37.5 Å². The lowest BCUT2D eigenvalue weighted by atomic mass is 10.2. The monoisotopic (exact) mass is 442 g/mol. The van der Waals surface area contributed by atoms with Crippen molar-refractivity contribution in [1.82, 2.24) is 25.0 Å². The molecule has 0 radical (unpaired) electrons. The van der Waals surface area contributed by atoms with Crippen LogP contribution in [0.2, 0.25) is 0 Å². The molecule has 32 heavy (non-hydrogen) atoms. The van der Waals surface area contributed by atoms with Gasteiger partial charge in [-0.2, -0.15) is 18.3 Å². The minimum atomic E-state index is -4.44. The highest BCUT2D eigenvalue weighted by molar-refractivity contribution is 6.04. The summed E-state index contributed by atoms with van der Waals surface area (Å²) in [5, 5.41) is 14.7. The fourth-order valence-corrected chi connectivity index (χ4v) is 2.86. The van der Waals surface area contributed by atoms with Gasteiger partial charge in [-0.1, -0.05) is 6.07 Å². The van der Waals surface area contributed by atoms with Crippen LogP contribution < -0.4 is 10.1 Å². The van der Waals surface area contributed by atoms with Crippen molar-refractivity contribution in [2.24, 2.45) is 7.05 Å². The fraction of sp³-hybridized carbons (Fsp3) is 0.143. The smallest absolute Gasteiger partial charge is 0.416 e. The van der Waals surface area contributed by atoms with Crippen LogP contribution in [0.4, 0.5) is 18.9 Å². The lowest BCUT2D eigenvalue weighted by molar-refractivity contribution is -0.137. The molecule has 0 aliphatic carbocycles. The maximum Gasteiger partial charge on any atom is 0.416 e. The number of rotatable bonds is 6. The molecular formula is C21H17F3N6O2. The van der Waals surface area contributed by atoms with Crippen LogP contribution in [0.3, 0.4) is 0 Å². The molecule has 2 aromatic heterocycles. The first kappa shape index (κ1) is 21.1. The van der Waals surface area contributed by atoms with Crippen LogP contribution in [-0.4, -0.2) is 30.9 Å².